The molecule has 1 amide bonds. The zero-order valence-corrected chi connectivity index (χ0v) is 8.99. The van der Waals surface area contributed by atoms with Gasteiger partial charge < -0.3 is 10.3 Å². The summed E-state index contributed by atoms with van der Waals surface area (Å²) in [6.45, 7) is 0.819. The lowest BCUT2D eigenvalue weighted by molar-refractivity contribution is 0.0953. The Balaban J connectivity index is 1.85. The van der Waals surface area contributed by atoms with E-state index in [1.165, 1.54) is 12.8 Å². The van der Waals surface area contributed by atoms with Crippen molar-refractivity contribution in [2.75, 3.05) is 6.54 Å². The van der Waals surface area contributed by atoms with Crippen molar-refractivity contribution >= 4 is 16.8 Å². The van der Waals surface area contributed by atoms with Gasteiger partial charge in [-0.15, -0.1) is 0 Å². The molecule has 0 bridgehead atoms. The van der Waals surface area contributed by atoms with Crippen LogP contribution in [0.15, 0.2) is 30.5 Å². The third kappa shape index (κ3) is 1.69. The van der Waals surface area contributed by atoms with Crippen molar-refractivity contribution < 1.29 is 4.79 Å². The number of carbonyl (C=O) groups is 1. The van der Waals surface area contributed by atoms with Crippen molar-refractivity contribution in [1.82, 2.24) is 10.3 Å². The van der Waals surface area contributed by atoms with Crippen molar-refractivity contribution in [3.05, 3.63) is 36.0 Å². The molecule has 2 aromatic rings. The SMILES string of the molecule is O=C(NCC1CC1)c1cccc2[nH]ccc12. The molecule has 0 atom stereocenters. The van der Waals surface area contributed by atoms with Crippen LogP contribution in [0.1, 0.15) is 23.2 Å². The normalized spacial score (nSPS) is 15.2. The summed E-state index contributed by atoms with van der Waals surface area (Å²) in [6, 6.07) is 7.71. The van der Waals surface area contributed by atoms with E-state index in [-0.39, 0.29) is 5.91 Å². The largest absolute Gasteiger partial charge is 0.361 e. The third-order valence-electron chi connectivity index (χ3n) is 3.09. The number of hydrogen-bond acceptors (Lipinski definition) is 1. The lowest BCUT2D eigenvalue weighted by Crippen LogP contribution is -2.25. The minimum absolute atomic E-state index is 0.0390. The number of H-pyrrole nitrogens is 1. The molecule has 1 aliphatic rings. The number of carbonyl (C=O) groups excluding carboxylic acids is 1. The molecule has 1 saturated carbocycles. The first-order chi connectivity index (χ1) is 7.84. The highest BCUT2D eigenvalue weighted by Gasteiger charge is 2.22. The number of aromatic amines is 1. The highest BCUT2D eigenvalue weighted by atomic mass is 16.1. The Labute approximate surface area is 93.9 Å². The second-order valence-electron chi connectivity index (χ2n) is 4.40. The molecule has 3 rings (SSSR count). The number of fused-ring (bicyclic) bond motifs is 1. The van der Waals surface area contributed by atoms with Gasteiger partial charge in [-0.05, 0) is 37.0 Å². The Bertz CT molecular complexity index is 525. The van der Waals surface area contributed by atoms with Crippen molar-refractivity contribution in [2.24, 2.45) is 5.92 Å². The van der Waals surface area contributed by atoms with E-state index < -0.39 is 0 Å². The summed E-state index contributed by atoms with van der Waals surface area (Å²) >= 11 is 0. The van der Waals surface area contributed by atoms with Crippen LogP contribution in [-0.4, -0.2) is 17.4 Å². The standard InChI is InChI=1S/C13H14N2O/c16-13(15-8-9-4-5-9)11-2-1-3-12-10(11)6-7-14-12/h1-3,6-7,9,14H,4-5,8H2,(H,15,16). The summed E-state index contributed by atoms with van der Waals surface area (Å²) in [7, 11) is 0. The Morgan fingerprint density at radius 3 is 3.06 bits per heavy atom. The number of aromatic nitrogens is 1. The summed E-state index contributed by atoms with van der Waals surface area (Å²) in [4.78, 5) is 15.1. The van der Waals surface area contributed by atoms with Gasteiger partial charge in [-0.3, -0.25) is 4.79 Å². The summed E-state index contributed by atoms with van der Waals surface area (Å²) in [6.07, 6.45) is 4.38. The van der Waals surface area contributed by atoms with Crippen LogP contribution in [0.4, 0.5) is 0 Å². The maximum Gasteiger partial charge on any atom is 0.251 e. The zero-order valence-electron chi connectivity index (χ0n) is 8.99. The van der Waals surface area contributed by atoms with E-state index in [0.29, 0.717) is 0 Å². The summed E-state index contributed by atoms with van der Waals surface area (Å²) in [5.74, 6) is 0.756. The molecule has 16 heavy (non-hydrogen) atoms. The van der Waals surface area contributed by atoms with E-state index in [2.05, 4.69) is 10.3 Å². The molecule has 0 spiro atoms. The molecule has 82 valence electrons. The predicted octanol–water partition coefficient (Wildman–Crippen LogP) is 2.31. The van der Waals surface area contributed by atoms with Gasteiger partial charge in [-0.25, -0.2) is 0 Å². The van der Waals surface area contributed by atoms with Gasteiger partial charge in [0.05, 0.1) is 0 Å². The van der Waals surface area contributed by atoms with Crippen LogP contribution in [-0.2, 0) is 0 Å². The maximum absolute atomic E-state index is 12.0. The predicted molar refractivity (Wildman–Crippen MR) is 63.4 cm³/mol. The maximum atomic E-state index is 12.0. The molecular weight excluding hydrogens is 200 g/mol. The number of rotatable bonds is 3. The molecule has 3 heteroatoms. The quantitative estimate of drug-likeness (QED) is 0.809. The van der Waals surface area contributed by atoms with Gasteiger partial charge in [-0.1, -0.05) is 6.07 Å². The van der Waals surface area contributed by atoms with Crippen molar-refractivity contribution in [2.45, 2.75) is 12.8 Å². The van der Waals surface area contributed by atoms with E-state index in [1.54, 1.807) is 0 Å². The molecule has 1 fully saturated rings. The van der Waals surface area contributed by atoms with Crippen molar-refractivity contribution in [3.63, 3.8) is 0 Å². The molecule has 3 nitrogen and oxygen atoms in total. The average molecular weight is 214 g/mol. The Morgan fingerprint density at radius 1 is 1.38 bits per heavy atom. The zero-order chi connectivity index (χ0) is 11.0. The van der Waals surface area contributed by atoms with Gasteiger partial charge in [0.15, 0.2) is 0 Å². The minimum Gasteiger partial charge on any atom is -0.361 e. The van der Waals surface area contributed by atoms with Crippen LogP contribution >= 0.6 is 0 Å². The van der Waals surface area contributed by atoms with Gasteiger partial charge in [0.1, 0.15) is 0 Å². The van der Waals surface area contributed by atoms with Gasteiger partial charge in [0, 0.05) is 29.2 Å². The Kier molecular flexibility index (Phi) is 2.17. The number of benzene rings is 1. The fourth-order valence-electron chi connectivity index (χ4n) is 1.94. The number of nitrogens with one attached hydrogen (secondary N) is 2. The lowest BCUT2D eigenvalue weighted by Gasteiger charge is -2.05. The third-order valence-corrected chi connectivity index (χ3v) is 3.09. The van der Waals surface area contributed by atoms with E-state index >= 15 is 0 Å². The fourth-order valence-corrected chi connectivity index (χ4v) is 1.94. The van der Waals surface area contributed by atoms with Gasteiger partial charge in [0.25, 0.3) is 5.91 Å². The van der Waals surface area contributed by atoms with E-state index in [1.807, 2.05) is 30.5 Å². The molecule has 0 aliphatic heterocycles. The van der Waals surface area contributed by atoms with Crippen LogP contribution in [0.25, 0.3) is 10.9 Å². The first-order valence-corrected chi connectivity index (χ1v) is 5.69. The fraction of sp³-hybridized carbons (Fsp3) is 0.308. The molecule has 1 aromatic carbocycles. The molecular formula is C13H14N2O. The van der Waals surface area contributed by atoms with E-state index in [0.717, 1.165) is 28.9 Å². The summed E-state index contributed by atoms with van der Waals surface area (Å²) < 4.78 is 0. The second kappa shape index (κ2) is 3.67. The number of hydrogen-bond donors (Lipinski definition) is 2. The van der Waals surface area contributed by atoms with Crippen LogP contribution in [0, 0.1) is 5.92 Å². The van der Waals surface area contributed by atoms with Crippen LogP contribution in [0.5, 0.6) is 0 Å². The first-order valence-electron chi connectivity index (χ1n) is 5.69. The van der Waals surface area contributed by atoms with Crippen LogP contribution in [0.2, 0.25) is 0 Å². The van der Waals surface area contributed by atoms with Gasteiger partial charge >= 0.3 is 0 Å². The van der Waals surface area contributed by atoms with Crippen LogP contribution < -0.4 is 5.32 Å². The monoisotopic (exact) mass is 214 g/mol. The summed E-state index contributed by atoms with van der Waals surface area (Å²) in [5.41, 5.74) is 1.78. The smallest absolute Gasteiger partial charge is 0.251 e. The van der Waals surface area contributed by atoms with Gasteiger partial charge in [0.2, 0.25) is 0 Å². The summed E-state index contributed by atoms with van der Waals surface area (Å²) in [5, 5.41) is 3.99. The highest BCUT2D eigenvalue weighted by molar-refractivity contribution is 6.06. The lowest BCUT2D eigenvalue weighted by atomic mass is 10.1. The van der Waals surface area contributed by atoms with Gasteiger partial charge in [-0.2, -0.15) is 0 Å². The van der Waals surface area contributed by atoms with Crippen molar-refractivity contribution in [3.8, 4) is 0 Å². The molecule has 1 aromatic heterocycles. The molecule has 0 unspecified atom stereocenters. The molecule has 0 radical (unpaired) electrons. The van der Waals surface area contributed by atoms with Crippen molar-refractivity contribution in [1.29, 1.82) is 0 Å². The Morgan fingerprint density at radius 2 is 2.25 bits per heavy atom. The van der Waals surface area contributed by atoms with E-state index in [4.69, 9.17) is 0 Å². The first kappa shape index (κ1) is 9.46. The highest BCUT2D eigenvalue weighted by Crippen LogP contribution is 2.27. The Hall–Kier alpha value is -1.77. The number of amides is 1. The molecule has 2 N–H and O–H groups in total. The molecule has 1 aliphatic carbocycles. The molecule has 0 saturated heterocycles. The van der Waals surface area contributed by atoms with Crippen LogP contribution in [0.3, 0.4) is 0 Å². The topological polar surface area (TPSA) is 44.9 Å². The minimum atomic E-state index is 0.0390. The molecule has 1 heterocycles. The average Bonchev–Trinajstić information content (AvgIpc) is 3.01. The second-order valence-corrected chi connectivity index (χ2v) is 4.40. The van der Waals surface area contributed by atoms with E-state index in [9.17, 15) is 4.79 Å².